The Bertz CT molecular complexity index is 907. The average molecular weight is 351 g/mol. The first-order valence-electron chi connectivity index (χ1n) is 8.71. The quantitative estimate of drug-likeness (QED) is 0.706. The van der Waals surface area contributed by atoms with E-state index in [0.717, 1.165) is 29.9 Å². The molecule has 1 aromatic carbocycles. The van der Waals surface area contributed by atoms with E-state index >= 15 is 0 Å². The number of benzene rings is 1. The monoisotopic (exact) mass is 351 g/mol. The fraction of sp³-hybridized carbons (Fsp3) is 0.300. The van der Waals surface area contributed by atoms with Crippen LogP contribution in [0.3, 0.4) is 0 Å². The molecule has 3 aromatic rings. The highest BCUT2D eigenvalue weighted by Crippen LogP contribution is 2.41. The largest absolute Gasteiger partial charge is 0.497 e. The first-order chi connectivity index (χ1) is 12.6. The maximum absolute atomic E-state index is 12.7. The Balaban J connectivity index is 1.51. The van der Waals surface area contributed by atoms with Crippen molar-refractivity contribution in [2.45, 2.75) is 25.8 Å². The van der Waals surface area contributed by atoms with Crippen LogP contribution in [0.5, 0.6) is 5.75 Å². The Hall–Kier alpha value is -3.02. The second-order valence-corrected chi connectivity index (χ2v) is 6.64. The molecule has 0 bridgehead atoms. The van der Waals surface area contributed by atoms with E-state index in [-0.39, 0.29) is 11.9 Å². The highest BCUT2D eigenvalue weighted by atomic mass is 16.5. The molecule has 0 spiro atoms. The summed E-state index contributed by atoms with van der Waals surface area (Å²) in [5.41, 5.74) is 2.13. The van der Waals surface area contributed by atoms with Crippen molar-refractivity contribution in [2.24, 2.45) is 5.92 Å². The molecule has 4 rings (SSSR count). The smallest absolute Gasteiger partial charge is 0.272 e. The zero-order chi connectivity index (χ0) is 18.1. The number of hydrogen-bond acceptors (Lipinski definition) is 4. The first-order valence-corrected chi connectivity index (χ1v) is 8.71. The molecule has 1 unspecified atom stereocenters. The van der Waals surface area contributed by atoms with Crippen LogP contribution in [0, 0.1) is 12.8 Å². The van der Waals surface area contributed by atoms with E-state index in [2.05, 4.69) is 15.5 Å². The number of rotatable bonds is 6. The molecular weight excluding hydrogens is 330 g/mol. The van der Waals surface area contributed by atoms with Crippen LogP contribution in [0.2, 0.25) is 0 Å². The zero-order valence-electron chi connectivity index (χ0n) is 14.8. The molecule has 0 saturated heterocycles. The first kappa shape index (κ1) is 16.4. The van der Waals surface area contributed by atoms with Crippen LogP contribution in [0.15, 0.2) is 46.9 Å². The predicted octanol–water partition coefficient (Wildman–Crippen LogP) is 3.87. The lowest BCUT2D eigenvalue weighted by molar-refractivity contribution is 0.0926. The maximum atomic E-state index is 12.7. The van der Waals surface area contributed by atoms with Crippen LogP contribution in [-0.4, -0.2) is 23.2 Å². The van der Waals surface area contributed by atoms with Crippen molar-refractivity contribution in [2.75, 3.05) is 7.11 Å². The van der Waals surface area contributed by atoms with Crippen LogP contribution in [0.25, 0.3) is 11.5 Å². The van der Waals surface area contributed by atoms with Gasteiger partial charge in [0.05, 0.1) is 13.2 Å². The lowest BCUT2D eigenvalue weighted by Crippen LogP contribution is -2.30. The van der Waals surface area contributed by atoms with Gasteiger partial charge in [0.2, 0.25) is 0 Å². The SMILES string of the molecule is COc1ccc(C(NC(=O)c2cc(-c3ccc(C)o3)[nH]n2)C2CC2)cc1. The fourth-order valence-corrected chi connectivity index (χ4v) is 3.07. The molecule has 1 fully saturated rings. The fourth-order valence-electron chi connectivity index (χ4n) is 3.07. The van der Waals surface area contributed by atoms with Crippen molar-refractivity contribution in [3.8, 4) is 17.2 Å². The van der Waals surface area contributed by atoms with Gasteiger partial charge < -0.3 is 14.5 Å². The third-order valence-corrected chi connectivity index (χ3v) is 4.67. The van der Waals surface area contributed by atoms with Gasteiger partial charge >= 0.3 is 0 Å². The number of hydrogen-bond donors (Lipinski definition) is 2. The van der Waals surface area contributed by atoms with Crippen molar-refractivity contribution in [1.82, 2.24) is 15.5 Å². The summed E-state index contributed by atoms with van der Waals surface area (Å²) in [5, 5.41) is 10.1. The van der Waals surface area contributed by atoms with E-state index < -0.39 is 0 Å². The number of methoxy groups -OCH3 is 1. The third-order valence-electron chi connectivity index (χ3n) is 4.67. The molecular formula is C20H21N3O3. The van der Waals surface area contributed by atoms with Gasteiger partial charge in [-0.1, -0.05) is 12.1 Å². The molecule has 2 heterocycles. The van der Waals surface area contributed by atoms with E-state index in [1.165, 1.54) is 0 Å². The van der Waals surface area contributed by atoms with Crippen LogP contribution in [0.4, 0.5) is 0 Å². The summed E-state index contributed by atoms with van der Waals surface area (Å²) < 4.78 is 10.8. The molecule has 1 aliphatic carbocycles. The third kappa shape index (κ3) is 3.35. The molecule has 0 aliphatic heterocycles. The van der Waals surface area contributed by atoms with E-state index in [9.17, 15) is 4.79 Å². The number of carbonyl (C=O) groups is 1. The van der Waals surface area contributed by atoms with Gasteiger partial charge in [-0.2, -0.15) is 5.10 Å². The molecule has 0 radical (unpaired) electrons. The lowest BCUT2D eigenvalue weighted by Gasteiger charge is -2.18. The molecule has 6 heteroatoms. The summed E-state index contributed by atoms with van der Waals surface area (Å²) in [6, 6.07) is 13.3. The minimum absolute atomic E-state index is 0.0144. The number of aromatic nitrogens is 2. The maximum Gasteiger partial charge on any atom is 0.272 e. The van der Waals surface area contributed by atoms with Crippen LogP contribution < -0.4 is 10.1 Å². The minimum Gasteiger partial charge on any atom is -0.497 e. The van der Waals surface area contributed by atoms with E-state index in [4.69, 9.17) is 9.15 Å². The summed E-state index contributed by atoms with van der Waals surface area (Å²) in [6.07, 6.45) is 2.24. The van der Waals surface area contributed by atoms with Crippen molar-refractivity contribution in [1.29, 1.82) is 0 Å². The van der Waals surface area contributed by atoms with Crippen LogP contribution >= 0.6 is 0 Å². The van der Waals surface area contributed by atoms with Gasteiger partial charge in [0.25, 0.3) is 5.91 Å². The number of furan rings is 1. The number of nitrogens with one attached hydrogen (secondary N) is 2. The Kier molecular flexibility index (Phi) is 4.24. The predicted molar refractivity (Wildman–Crippen MR) is 97.0 cm³/mol. The van der Waals surface area contributed by atoms with Crippen LogP contribution in [-0.2, 0) is 0 Å². The van der Waals surface area contributed by atoms with Crippen molar-refractivity contribution in [3.05, 3.63) is 59.5 Å². The van der Waals surface area contributed by atoms with Crippen molar-refractivity contribution in [3.63, 3.8) is 0 Å². The number of nitrogens with zero attached hydrogens (tertiary/aromatic N) is 1. The number of carbonyl (C=O) groups excluding carboxylic acids is 1. The minimum atomic E-state index is -0.191. The number of aromatic amines is 1. The summed E-state index contributed by atoms with van der Waals surface area (Å²) in [5.74, 6) is 2.57. The Morgan fingerprint density at radius 3 is 2.65 bits per heavy atom. The Morgan fingerprint density at radius 1 is 1.27 bits per heavy atom. The van der Waals surface area contributed by atoms with Crippen LogP contribution in [0.1, 0.15) is 40.7 Å². The van der Waals surface area contributed by atoms with Gasteiger partial charge in [0.15, 0.2) is 11.5 Å². The van der Waals surface area contributed by atoms with E-state index in [1.54, 1.807) is 13.2 Å². The topological polar surface area (TPSA) is 80.1 Å². The molecule has 1 saturated carbocycles. The highest BCUT2D eigenvalue weighted by molar-refractivity contribution is 5.93. The standard InChI is InChI=1S/C20H21N3O3/c1-12-3-10-18(26-12)16-11-17(23-22-16)20(24)21-19(13-4-5-13)14-6-8-15(25-2)9-7-14/h3,6-11,13,19H,4-5H2,1-2H3,(H,21,24)(H,22,23). The molecule has 2 N–H and O–H groups in total. The van der Waals surface area contributed by atoms with Gasteiger partial charge in [-0.15, -0.1) is 0 Å². The number of H-pyrrole nitrogens is 1. The van der Waals surface area contributed by atoms with E-state index in [1.807, 2.05) is 43.3 Å². The second-order valence-electron chi connectivity index (χ2n) is 6.64. The zero-order valence-corrected chi connectivity index (χ0v) is 14.8. The van der Waals surface area contributed by atoms with Crippen molar-refractivity contribution < 1.29 is 13.9 Å². The molecule has 1 amide bonds. The number of aryl methyl sites for hydroxylation is 1. The van der Waals surface area contributed by atoms with Gasteiger partial charge in [0.1, 0.15) is 17.2 Å². The summed E-state index contributed by atoms with van der Waals surface area (Å²) >= 11 is 0. The Labute approximate surface area is 151 Å². The Morgan fingerprint density at radius 2 is 2.04 bits per heavy atom. The second kappa shape index (κ2) is 6.71. The molecule has 2 aromatic heterocycles. The van der Waals surface area contributed by atoms with Crippen molar-refractivity contribution >= 4 is 5.91 Å². The summed E-state index contributed by atoms with van der Waals surface area (Å²) in [7, 11) is 1.64. The normalized spacial score (nSPS) is 14.8. The molecule has 26 heavy (non-hydrogen) atoms. The lowest BCUT2D eigenvalue weighted by atomic mass is 10.0. The highest BCUT2D eigenvalue weighted by Gasteiger charge is 2.34. The molecule has 1 aliphatic rings. The van der Waals surface area contributed by atoms with E-state index in [0.29, 0.717) is 23.1 Å². The van der Waals surface area contributed by atoms with Gasteiger partial charge in [0, 0.05) is 6.07 Å². The number of amides is 1. The summed E-state index contributed by atoms with van der Waals surface area (Å²) in [4.78, 5) is 12.7. The van der Waals surface area contributed by atoms with Gasteiger partial charge in [-0.05, 0) is 55.5 Å². The number of ether oxygens (including phenoxy) is 1. The molecule has 134 valence electrons. The van der Waals surface area contributed by atoms with Gasteiger partial charge in [-0.25, -0.2) is 0 Å². The van der Waals surface area contributed by atoms with Gasteiger partial charge in [-0.3, -0.25) is 9.89 Å². The molecule has 6 nitrogen and oxygen atoms in total. The molecule has 1 atom stereocenters. The average Bonchev–Trinajstić information content (AvgIpc) is 3.20. The summed E-state index contributed by atoms with van der Waals surface area (Å²) in [6.45, 7) is 1.88.